The summed E-state index contributed by atoms with van der Waals surface area (Å²) in [6, 6.07) is -0.596. The zero-order valence-corrected chi connectivity index (χ0v) is 9.66. The summed E-state index contributed by atoms with van der Waals surface area (Å²) in [6.07, 6.45) is -0.249. The van der Waals surface area contributed by atoms with Gasteiger partial charge in [0.05, 0.1) is 6.61 Å². The molecule has 1 unspecified atom stereocenters. The Morgan fingerprint density at radius 3 is 2.29 bits per heavy atom. The number of methoxy groups -OCH3 is 1. The van der Waals surface area contributed by atoms with Gasteiger partial charge in [-0.3, -0.25) is 4.79 Å². The Balaban J connectivity index is 4.08. The standard InChI is InChI=1S/C10H21NO3/c1-7(6-13-5)14-9(12)8(11)10(2,3)4/h7-8H,6,11H2,1-5H3/t7-,8?/m0/s1. The van der Waals surface area contributed by atoms with Gasteiger partial charge in [-0.05, 0) is 12.3 Å². The third-order valence-electron chi connectivity index (χ3n) is 1.91. The van der Waals surface area contributed by atoms with E-state index in [2.05, 4.69) is 0 Å². The molecule has 4 nitrogen and oxygen atoms in total. The minimum absolute atomic E-state index is 0.249. The number of carbonyl (C=O) groups excluding carboxylic acids is 1. The van der Waals surface area contributed by atoms with Crippen molar-refractivity contribution in [1.29, 1.82) is 0 Å². The number of rotatable bonds is 4. The summed E-state index contributed by atoms with van der Waals surface area (Å²) < 4.78 is 9.94. The molecule has 0 aromatic carbocycles. The van der Waals surface area contributed by atoms with Crippen molar-refractivity contribution in [2.45, 2.75) is 39.8 Å². The fourth-order valence-corrected chi connectivity index (χ4v) is 0.894. The number of esters is 1. The van der Waals surface area contributed by atoms with Gasteiger partial charge in [0.1, 0.15) is 12.1 Å². The van der Waals surface area contributed by atoms with Crippen LogP contribution in [0.2, 0.25) is 0 Å². The number of hydrogen-bond acceptors (Lipinski definition) is 4. The Morgan fingerprint density at radius 2 is 1.93 bits per heavy atom. The molecule has 0 rings (SSSR count). The average Bonchev–Trinajstić information content (AvgIpc) is 2.01. The van der Waals surface area contributed by atoms with Crippen molar-refractivity contribution in [1.82, 2.24) is 0 Å². The topological polar surface area (TPSA) is 61.5 Å². The monoisotopic (exact) mass is 203 g/mol. The van der Waals surface area contributed by atoms with Crippen molar-refractivity contribution in [3.05, 3.63) is 0 Å². The average molecular weight is 203 g/mol. The molecule has 0 aliphatic heterocycles. The molecule has 0 heterocycles. The molecular weight excluding hydrogens is 182 g/mol. The molecule has 2 N–H and O–H groups in total. The molecule has 0 bridgehead atoms. The van der Waals surface area contributed by atoms with E-state index in [0.29, 0.717) is 6.61 Å². The molecule has 0 saturated heterocycles. The van der Waals surface area contributed by atoms with E-state index < -0.39 is 6.04 Å². The molecule has 0 fully saturated rings. The van der Waals surface area contributed by atoms with Gasteiger partial charge in [0.2, 0.25) is 0 Å². The summed E-state index contributed by atoms with van der Waals surface area (Å²) >= 11 is 0. The van der Waals surface area contributed by atoms with E-state index in [1.807, 2.05) is 20.8 Å². The molecule has 0 radical (unpaired) electrons. The van der Waals surface area contributed by atoms with Crippen molar-refractivity contribution < 1.29 is 14.3 Å². The van der Waals surface area contributed by atoms with E-state index in [1.54, 1.807) is 14.0 Å². The minimum atomic E-state index is -0.596. The smallest absolute Gasteiger partial charge is 0.323 e. The van der Waals surface area contributed by atoms with Crippen LogP contribution in [0.4, 0.5) is 0 Å². The van der Waals surface area contributed by atoms with E-state index in [0.717, 1.165) is 0 Å². The molecule has 0 aromatic rings. The Morgan fingerprint density at radius 1 is 1.43 bits per heavy atom. The van der Waals surface area contributed by atoms with E-state index in [1.165, 1.54) is 0 Å². The van der Waals surface area contributed by atoms with Gasteiger partial charge in [-0.2, -0.15) is 0 Å². The second-order valence-corrected chi connectivity index (χ2v) is 4.55. The third kappa shape index (κ3) is 4.58. The lowest BCUT2D eigenvalue weighted by atomic mass is 9.87. The van der Waals surface area contributed by atoms with Crippen LogP contribution in [0.1, 0.15) is 27.7 Å². The minimum Gasteiger partial charge on any atom is -0.459 e. The SMILES string of the molecule is COC[C@H](C)OC(=O)C(N)C(C)(C)C. The van der Waals surface area contributed by atoms with Crippen LogP contribution in [0.3, 0.4) is 0 Å². The molecule has 0 aliphatic carbocycles. The fraction of sp³-hybridized carbons (Fsp3) is 0.900. The first kappa shape index (κ1) is 13.4. The highest BCUT2D eigenvalue weighted by Gasteiger charge is 2.29. The van der Waals surface area contributed by atoms with Gasteiger partial charge in [0.15, 0.2) is 0 Å². The lowest BCUT2D eigenvalue weighted by molar-refractivity contribution is -0.154. The molecule has 84 valence electrons. The number of nitrogens with two attached hydrogens (primary N) is 1. The van der Waals surface area contributed by atoms with Crippen LogP contribution < -0.4 is 5.73 Å². The summed E-state index contributed by atoms with van der Waals surface area (Å²) in [7, 11) is 1.56. The van der Waals surface area contributed by atoms with Crippen LogP contribution in [0.5, 0.6) is 0 Å². The van der Waals surface area contributed by atoms with Crippen molar-refractivity contribution in [3.63, 3.8) is 0 Å². The van der Waals surface area contributed by atoms with Gasteiger partial charge in [0, 0.05) is 7.11 Å². The van der Waals surface area contributed by atoms with Crippen LogP contribution in [0.15, 0.2) is 0 Å². The van der Waals surface area contributed by atoms with Crippen LogP contribution >= 0.6 is 0 Å². The molecule has 0 aliphatic rings. The summed E-state index contributed by atoms with van der Waals surface area (Å²) in [5.74, 6) is -0.373. The highest BCUT2D eigenvalue weighted by atomic mass is 16.6. The Labute approximate surface area is 85.8 Å². The lowest BCUT2D eigenvalue weighted by Gasteiger charge is -2.26. The maximum atomic E-state index is 11.5. The zero-order valence-electron chi connectivity index (χ0n) is 9.66. The van der Waals surface area contributed by atoms with Crippen LogP contribution in [0.25, 0.3) is 0 Å². The molecular formula is C10H21NO3. The molecule has 0 aromatic heterocycles. The lowest BCUT2D eigenvalue weighted by Crippen LogP contribution is -2.44. The summed E-state index contributed by atoms with van der Waals surface area (Å²) in [5.41, 5.74) is 5.45. The maximum Gasteiger partial charge on any atom is 0.323 e. The molecule has 0 spiro atoms. The van der Waals surface area contributed by atoms with Gasteiger partial charge in [-0.1, -0.05) is 20.8 Å². The van der Waals surface area contributed by atoms with Gasteiger partial charge >= 0.3 is 5.97 Å². The van der Waals surface area contributed by atoms with Gasteiger partial charge in [-0.25, -0.2) is 0 Å². The Hall–Kier alpha value is -0.610. The molecule has 2 atom stereocenters. The van der Waals surface area contributed by atoms with Crippen molar-refractivity contribution in [2.24, 2.45) is 11.1 Å². The predicted octanol–water partition coefficient (Wildman–Crippen LogP) is 0.938. The second-order valence-electron chi connectivity index (χ2n) is 4.55. The highest BCUT2D eigenvalue weighted by Crippen LogP contribution is 2.18. The molecule has 0 saturated carbocycles. The Kier molecular flexibility index (Phi) is 5.08. The quantitative estimate of drug-likeness (QED) is 0.691. The normalized spacial score (nSPS) is 16.1. The molecule has 14 heavy (non-hydrogen) atoms. The fourth-order valence-electron chi connectivity index (χ4n) is 0.894. The van der Waals surface area contributed by atoms with Crippen LogP contribution in [-0.2, 0) is 14.3 Å². The first-order valence-electron chi connectivity index (χ1n) is 4.74. The van der Waals surface area contributed by atoms with Gasteiger partial charge in [0.25, 0.3) is 0 Å². The largest absolute Gasteiger partial charge is 0.459 e. The third-order valence-corrected chi connectivity index (χ3v) is 1.91. The van der Waals surface area contributed by atoms with E-state index in [4.69, 9.17) is 15.2 Å². The van der Waals surface area contributed by atoms with Crippen LogP contribution in [0, 0.1) is 5.41 Å². The first-order chi connectivity index (χ1) is 6.29. The van der Waals surface area contributed by atoms with Crippen molar-refractivity contribution in [2.75, 3.05) is 13.7 Å². The van der Waals surface area contributed by atoms with E-state index in [-0.39, 0.29) is 17.5 Å². The van der Waals surface area contributed by atoms with E-state index in [9.17, 15) is 4.79 Å². The van der Waals surface area contributed by atoms with Gasteiger partial charge in [-0.15, -0.1) is 0 Å². The van der Waals surface area contributed by atoms with Crippen LogP contribution in [-0.4, -0.2) is 31.8 Å². The maximum absolute atomic E-state index is 11.5. The second kappa shape index (κ2) is 5.32. The summed E-state index contributed by atoms with van der Waals surface area (Å²) in [6.45, 7) is 7.87. The predicted molar refractivity (Wildman–Crippen MR) is 54.9 cm³/mol. The summed E-state index contributed by atoms with van der Waals surface area (Å²) in [4.78, 5) is 11.5. The highest BCUT2D eigenvalue weighted by molar-refractivity contribution is 5.76. The molecule has 4 heteroatoms. The van der Waals surface area contributed by atoms with E-state index >= 15 is 0 Å². The Bertz CT molecular complexity index is 186. The van der Waals surface area contributed by atoms with Gasteiger partial charge < -0.3 is 15.2 Å². The number of ether oxygens (including phenoxy) is 2. The van der Waals surface area contributed by atoms with Crippen molar-refractivity contribution >= 4 is 5.97 Å². The number of carbonyl (C=O) groups is 1. The zero-order chi connectivity index (χ0) is 11.4. The summed E-state index contributed by atoms with van der Waals surface area (Å²) in [5, 5.41) is 0. The first-order valence-corrected chi connectivity index (χ1v) is 4.74. The number of hydrogen-bond donors (Lipinski definition) is 1. The van der Waals surface area contributed by atoms with Crippen molar-refractivity contribution in [3.8, 4) is 0 Å². The molecule has 0 amide bonds.